The molecule has 62 valence electrons. The SMILES string of the molecule is N#Cc1ncc(CCl)n(O)c1=N. The van der Waals surface area contributed by atoms with E-state index in [1.54, 1.807) is 6.07 Å². The lowest BCUT2D eigenvalue weighted by molar-refractivity contribution is 0.161. The number of nitriles is 1. The van der Waals surface area contributed by atoms with E-state index in [1.165, 1.54) is 6.20 Å². The third kappa shape index (κ3) is 1.24. The van der Waals surface area contributed by atoms with Gasteiger partial charge in [-0.25, -0.2) is 4.98 Å². The number of halogens is 1. The molecular formula is C6H5ClN4O. The lowest BCUT2D eigenvalue weighted by Gasteiger charge is -2.02. The first-order chi connectivity index (χ1) is 5.70. The van der Waals surface area contributed by atoms with Gasteiger partial charge in [0, 0.05) is 0 Å². The lowest BCUT2D eigenvalue weighted by Crippen LogP contribution is -2.24. The summed E-state index contributed by atoms with van der Waals surface area (Å²) >= 11 is 5.41. The van der Waals surface area contributed by atoms with Crippen LogP contribution in [0.25, 0.3) is 0 Å². The molecule has 0 aromatic carbocycles. The van der Waals surface area contributed by atoms with Crippen LogP contribution in [0.2, 0.25) is 0 Å². The van der Waals surface area contributed by atoms with Gasteiger partial charge in [-0.05, 0) is 0 Å². The van der Waals surface area contributed by atoms with E-state index in [2.05, 4.69) is 4.98 Å². The standard InChI is InChI=1S/C6H5ClN4O/c7-1-4-3-10-5(2-8)6(9)11(4)12/h3,9,12H,1H2. The molecule has 1 heterocycles. The van der Waals surface area contributed by atoms with Crippen molar-refractivity contribution in [3.05, 3.63) is 23.1 Å². The fraction of sp³-hybridized carbons (Fsp3) is 0.167. The number of aromatic nitrogens is 2. The van der Waals surface area contributed by atoms with Crippen LogP contribution in [0.4, 0.5) is 0 Å². The molecule has 1 aromatic heterocycles. The Balaban J connectivity index is 3.43. The van der Waals surface area contributed by atoms with Crippen molar-refractivity contribution >= 4 is 11.6 Å². The average molecular weight is 185 g/mol. The van der Waals surface area contributed by atoms with Crippen molar-refractivity contribution in [2.45, 2.75) is 5.88 Å². The minimum atomic E-state index is -0.351. The Morgan fingerprint density at radius 3 is 3.00 bits per heavy atom. The summed E-state index contributed by atoms with van der Waals surface area (Å²) in [5.74, 6) is 0.0427. The van der Waals surface area contributed by atoms with E-state index in [1.807, 2.05) is 0 Å². The Labute approximate surface area is 72.9 Å². The van der Waals surface area contributed by atoms with E-state index < -0.39 is 0 Å². The first kappa shape index (κ1) is 8.56. The summed E-state index contributed by atoms with van der Waals surface area (Å²) < 4.78 is 0.540. The maximum absolute atomic E-state index is 9.16. The maximum atomic E-state index is 9.16. The number of rotatable bonds is 1. The number of nitrogens with one attached hydrogen (secondary N) is 1. The van der Waals surface area contributed by atoms with Crippen LogP contribution >= 0.6 is 11.6 Å². The molecule has 1 rings (SSSR count). The molecule has 1 aromatic rings. The predicted octanol–water partition coefficient (Wildman–Crippen LogP) is 0.210. The van der Waals surface area contributed by atoms with E-state index >= 15 is 0 Å². The molecule has 0 saturated carbocycles. The Kier molecular flexibility index (Phi) is 2.31. The van der Waals surface area contributed by atoms with Gasteiger partial charge in [-0.2, -0.15) is 9.99 Å². The van der Waals surface area contributed by atoms with E-state index in [4.69, 9.17) is 27.5 Å². The van der Waals surface area contributed by atoms with Crippen molar-refractivity contribution in [1.29, 1.82) is 10.7 Å². The zero-order chi connectivity index (χ0) is 9.14. The van der Waals surface area contributed by atoms with Crippen LogP contribution in [0.3, 0.4) is 0 Å². The Morgan fingerprint density at radius 1 is 1.83 bits per heavy atom. The Hall–Kier alpha value is -1.54. The molecule has 12 heavy (non-hydrogen) atoms. The highest BCUT2D eigenvalue weighted by Crippen LogP contribution is 1.97. The first-order valence-electron chi connectivity index (χ1n) is 3.01. The molecule has 0 radical (unpaired) electrons. The molecule has 6 heteroatoms. The summed E-state index contributed by atoms with van der Waals surface area (Å²) in [7, 11) is 0. The van der Waals surface area contributed by atoms with Gasteiger partial charge in [0.1, 0.15) is 6.07 Å². The molecule has 0 spiro atoms. The van der Waals surface area contributed by atoms with Crippen molar-refractivity contribution < 1.29 is 5.21 Å². The van der Waals surface area contributed by atoms with Gasteiger partial charge in [0.05, 0.1) is 17.8 Å². The van der Waals surface area contributed by atoms with E-state index in [-0.39, 0.29) is 22.8 Å². The zero-order valence-electron chi connectivity index (χ0n) is 5.95. The van der Waals surface area contributed by atoms with Gasteiger partial charge >= 0.3 is 0 Å². The van der Waals surface area contributed by atoms with E-state index in [0.717, 1.165) is 0 Å². The fourth-order valence-electron chi connectivity index (χ4n) is 0.672. The van der Waals surface area contributed by atoms with Gasteiger partial charge < -0.3 is 5.21 Å². The molecule has 0 aliphatic rings. The highest BCUT2D eigenvalue weighted by Gasteiger charge is 2.03. The molecule has 0 atom stereocenters. The van der Waals surface area contributed by atoms with Crippen molar-refractivity contribution in [2.75, 3.05) is 0 Å². The molecule has 2 N–H and O–H groups in total. The van der Waals surface area contributed by atoms with Gasteiger partial charge in [-0.15, -0.1) is 11.6 Å². The molecule has 0 bridgehead atoms. The van der Waals surface area contributed by atoms with Crippen LogP contribution in [-0.2, 0) is 5.88 Å². The quantitative estimate of drug-likeness (QED) is 0.483. The van der Waals surface area contributed by atoms with Gasteiger partial charge in [-0.1, -0.05) is 0 Å². The Morgan fingerprint density at radius 2 is 2.50 bits per heavy atom. The number of hydrogen-bond acceptors (Lipinski definition) is 4. The smallest absolute Gasteiger partial charge is 0.197 e. The highest BCUT2D eigenvalue weighted by atomic mass is 35.5. The average Bonchev–Trinajstić information content (AvgIpc) is 2.10. The summed E-state index contributed by atoms with van der Waals surface area (Å²) in [6.45, 7) is 0. The second-order valence-electron chi connectivity index (χ2n) is 2.00. The molecule has 5 nitrogen and oxygen atoms in total. The fourth-order valence-corrected chi connectivity index (χ4v) is 0.854. The number of hydrogen-bond donors (Lipinski definition) is 2. The Bertz CT molecular complexity index is 392. The zero-order valence-corrected chi connectivity index (χ0v) is 6.71. The predicted molar refractivity (Wildman–Crippen MR) is 39.5 cm³/mol. The van der Waals surface area contributed by atoms with Crippen molar-refractivity contribution in [1.82, 2.24) is 9.71 Å². The number of nitrogens with zero attached hydrogens (tertiary/aromatic N) is 3. The number of alkyl halides is 1. The summed E-state index contributed by atoms with van der Waals surface area (Å²) in [4.78, 5) is 3.61. The van der Waals surface area contributed by atoms with Crippen LogP contribution < -0.4 is 5.49 Å². The minimum absolute atomic E-state index is 0.0427. The lowest BCUT2D eigenvalue weighted by atomic mass is 10.4. The summed E-state index contributed by atoms with van der Waals surface area (Å²) in [6.07, 6.45) is 1.25. The van der Waals surface area contributed by atoms with Gasteiger partial charge in [0.2, 0.25) is 0 Å². The maximum Gasteiger partial charge on any atom is 0.197 e. The first-order valence-corrected chi connectivity index (χ1v) is 3.55. The molecule has 0 aliphatic heterocycles. The summed E-state index contributed by atoms with van der Waals surface area (Å²) in [5.41, 5.74) is -0.206. The van der Waals surface area contributed by atoms with Gasteiger partial charge in [0.25, 0.3) is 0 Å². The summed E-state index contributed by atoms with van der Waals surface area (Å²) in [5, 5.41) is 24.8. The normalized spacial score (nSPS) is 9.33. The second-order valence-corrected chi connectivity index (χ2v) is 2.27. The van der Waals surface area contributed by atoms with Crippen LogP contribution in [0.5, 0.6) is 0 Å². The van der Waals surface area contributed by atoms with Crippen molar-refractivity contribution in [3.63, 3.8) is 0 Å². The van der Waals surface area contributed by atoms with Gasteiger partial charge in [0.15, 0.2) is 11.2 Å². The molecule has 0 saturated heterocycles. The van der Waals surface area contributed by atoms with E-state index in [9.17, 15) is 0 Å². The van der Waals surface area contributed by atoms with Crippen molar-refractivity contribution in [2.24, 2.45) is 0 Å². The van der Waals surface area contributed by atoms with E-state index in [0.29, 0.717) is 4.73 Å². The monoisotopic (exact) mass is 184 g/mol. The molecule has 0 aliphatic carbocycles. The minimum Gasteiger partial charge on any atom is -0.426 e. The molecule has 0 unspecified atom stereocenters. The summed E-state index contributed by atoms with van der Waals surface area (Å²) in [6, 6.07) is 1.66. The van der Waals surface area contributed by atoms with Crippen LogP contribution in [0.1, 0.15) is 11.4 Å². The van der Waals surface area contributed by atoms with Crippen molar-refractivity contribution in [3.8, 4) is 6.07 Å². The van der Waals surface area contributed by atoms with Crippen LogP contribution in [0.15, 0.2) is 6.20 Å². The molecule has 0 fully saturated rings. The topological polar surface area (TPSA) is 85.7 Å². The van der Waals surface area contributed by atoms with Crippen LogP contribution in [-0.4, -0.2) is 14.9 Å². The highest BCUT2D eigenvalue weighted by molar-refractivity contribution is 6.16. The van der Waals surface area contributed by atoms with Crippen LogP contribution in [0, 0.1) is 16.7 Å². The molecule has 0 amide bonds. The largest absolute Gasteiger partial charge is 0.426 e. The third-order valence-electron chi connectivity index (χ3n) is 1.29. The molecular weight excluding hydrogens is 180 g/mol. The van der Waals surface area contributed by atoms with Gasteiger partial charge in [-0.3, -0.25) is 5.41 Å². The third-order valence-corrected chi connectivity index (χ3v) is 1.57. The second kappa shape index (κ2) is 3.24.